The number of rotatable bonds is 2. The van der Waals surface area contributed by atoms with E-state index in [0.29, 0.717) is 6.04 Å². The molecule has 1 amide bonds. The van der Waals surface area contributed by atoms with Crippen LogP contribution in [0.25, 0.3) is 0 Å². The summed E-state index contributed by atoms with van der Waals surface area (Å²) in [7, 11) is 0. The molecule has 1 N–H and O–H groups in total. The van der Waals surface area contributed by atoms with Crippen LogP contribution in [0.5, 0.6) is 0 Å². The van der Waals surface area contributed by atoms with E-state index in [9.17, 15) is 4.79 Å². The van der Waals surface area contributed by atoms with Crippen LogP contribution >= 0.6 is 12.4 Å². The predicted molar refractivity (Wildman–Crippen MR) is 80.7 cm³/mol. The number of nitrogens with zero attached hydrogens (tertiary/aromatic N) is 1. The summed E-state index contributed by atoms with van der Waals surface area (Å²) in [5.74, 6) is 0.181. The molecule has 1 aromatic rings. The summed E-state index contributed by atoms with van der Waals surface area (Å²) in [4.78, 5) is 14.6. The van der Waals surface area contributed by atoms with E-state index >= 15 is 0 Å². The lowest BCUT2D eigenvalue weighted by atomic mass is 9.98. The Labute approximate surface area is 121 Å². The Morgan fingerprint density at radius 2 is 1.95 bits per heavy atom. The predicted octanol–water partition coefficient (Wildman–Crippen LogP) is 2.42. The van der Waals surface area contributed by atoms with Crippen LogP contribution in [0.15, 0.2) is 30.3 Å². The molecule has 3 unspecified atom stereocenters. The maximum absolute atomic E-state index is 12.6. The molecule has 1 aliphatic rings. The van der Waals surface area contributed by atoms with Crippen molar-refractivity contribution in [3.8, 4) is 0 Å². The van der Waals surface area contributed by atoms with Gasteiger partial charge >= 0.3 is 0 Å². The highest BCUT2D eigenvalue weighted by Gasteiger charge is 2.29. The van der Waals surface area contributed by atoms with Gasteiger partial charge in [-0.05, 0) is 26.3 Å². The standard InChI is InChI=1S/C15H22N2O.ClH/c1-11-10-17(12(2)9-16-11)15(18)13(3)14-7-5-4-6-8-14;/h4-8,11-13,16H,9-10H2,1-3H3;1H. The molecule has 19 heavy (non-hydrogen) atoms. The lowest BCUT2D eigenvalue weighted by Crippen LogP contribution is -2.57. The van der Waals surface area contributed by atoms with Crippen molar-refractivity contribution in [2.45, 2.75) is 38.8 Å². The highest BCUT2D eigenvalue weighted by Crippen LogP contribution is 2.20. The van der Waals surface area contributed by atoms with E-state index in [-0.39, 0.29) is 30.3 Å². The van der Waals surface area contributed by atoms with Gasteiger partial charge in [0.05, 0.1) is 5.92 Å². The zero-order valence-electron chi connectivity index (χ0n) is 11.8. The van der Waals surface area contributed by atoms with Gasteiger partial charge in [-0.2, -0.15) is 0 Å². The van der Waals surface area contributed by atoms with E-state index < -0.39 is 0 Å². The van der Waals surface area contributed by atoms with E-state index in [2.05, 4.69) is 19.2 Å². The zero-order valence-corrected chi connectivity index (χ0v) is 12.6. The SMILES string of the molecule is CC1CN(C(=O)C(C)c2ccccc2)C(C)CN1.Cl. The van der Waals surface area contributed by atoms with Crippen LogP contribution in [-0.4, -0.2) is 36.0 Å². The van der Waals surface area contributed by atoms with Gasteiger partial charge in [0.2, 0.25) is 5.91 Å². The van der Waals surface area contributed by atoms with Crippen LogP contribution in [0.4, 0.5) is 0 Å². The summed E-state index contributed by atoms with van der Waals surface area (Å²) in [5, 5.41) is 3.40. The second-order valence-corrected chi connectivity index (χ2v) is 5.28. The van der Waals surface area contributed by atoms with Crippen LogP contribution < -0.4 is 5.32 Å². The summed E-state index contributed by atoms with van der Waals surface area (Å²) < 4.78 is 0. The van der Waals surface area contributed by atoms with Crippen LogP contribution in [0, 0.1) is 0 Å². The molecule has 1 aromatic carbocycles. The van der Waals surface area contributed by atoms with Crippen molar-refractivity contribution in [1.29, 1.82) is 0 Å². The van der Waals surface area contributed by atoms with Crippen molar-refractivity contribution in [1.82, 2.24) is 10.2 Å². The van der Waals surface area contributed by atoms with Gasteiger partial charge in [0.15, 0.2) is 0 Å². The largest absolute Gasteiger partial charge is 0.337 e. The minimum atomic E-state index is -0.0565. The van der Waals surface area contributed by atoms with Crippen molar-refractivity contribution in [3.05, 3.63) is 35.9 Å². The molecule has 0 radical (unpaired) electrons. The molecule has 0 bridgehead atoms. The summed E-state index contributed by atoms with van der Waals surface area (Å²) in [6, 6.07) is 10.7. The number of halogens is 1. The lowest BCUT2D eigenvalue weighted by Gasteiger charge is -2.39. The average molecular weight is 283 g/mol. The molecular weight excluding hydrogens is 260 g/mol. The maximum Gasteiger partial charge on any atom is 0.230 e. The molecule has 2 rings (SSSR count). The van der Waals surface area contributed by atoms with Crippen molar-refractivity contribution in [3.63, 3.8) is 0 Å². The quantitative estimate of drug-likeness (QED) is 0.904. The maximum atomic E-state index is 12.6. The van der Waals surface area contributed by atoms with Crippen LogP contribution in [0.3, 0.4) is 0 Å². The minimum Gasteiger partial charge on any atom is -0.337 e. The molecule has 1 heterocycles. The molecule has 0 aromatic heterocycles. The Hall–Kier alpha value is -1.06. The Bertz CT molecular complexity index is 410. The first-order chi connectivity index (χ1) is 8.59. The first kappa shape index (κ1) is 16.0. The molecule has 0 aliphatic carbocycles. The Morgan fingerprint density at radius 3 is 2.58 bits per heavy atom. The van der Waals surface area contributed by atoms with Crippen molar-refractivity contribution < 1.29 is 4.79 Å². The van der Waals surface area contributed by atoms with Crippen molar-refractivity contribution >= 4 is 18.3 Å². The second kappa shape index (κ2) is 6.92. The molecule has 1 saturated heterocycles. The van der Waals surface area contributed by atoms with Gasteiger partial charge in [0, 0.05) is 25.2 Å². The monoisotopic (exact) mass is 282 g/mol. The lowest BCUT2D eigenvalue weighted by molar-refractivity contribution is -0.135. The first-order valence-corrected chi connectivity index (χ1v) is 6.68. The first-order valence-electron chi connectivity index (χ1n) is 6.68. The van der Waals surface area contributed by atoms with Gasteiger partial charge in [0.1, 0.15) is 0 Å². The average Bonchev–Trinajstić information content (AvgIpc) is 2.41. The molecule has 3 atom stereocenters. The summed E-state index contributed by atoms with van der Waals surface area (Å²) in [6.45, 7) is 7.91. The number of piperazine rings is 1. The van der Waals surface area contributed by atoms with Gasteiger partial charge in [-0.1, -0.05) is 30.3 Å². The number of benzene rings is 1. The number of carbonyl (C=O) groups excluding carboxylic acids is 1. The van der Waals surface area contributed by atoms with Gasteiger partial charge < -0.3 is 10.2 Å². The molecule has 106 valence electrons. The summed E-state index contributed by atoms with van der Waals surface area (Å²) in [6.07, 6.45) is 0. The minimum absolute atomic E-state index is 0. The number of amides is 1. The third-order valence-electron chi connectivity index (χ3n) is 3.72. The number of nitrogens with one attached hydrogen (secondary N) is 1. The van der Waals surface area contributed by atoms with Crippen molar-refractivity contribution in [2.24, 2.45) is 0 Å². The third-order valence-corrected chi connectivity index (χ3v) is 3.72. The fraction of sp³-hybridized carbons (Fsp3) is 0.533. The zero-order chi connectivity index (χ0) is 13.1. The number of hydrogen-bond acceptors (Lipinski definition) is 2. The molecule has 4 heteroatoms. The van der Waals surface area contributed by atoms with E-state index in [4.69, 9.17) is 0 Å². The van der Waals surface area contributed by atoms with Crippen LogP contribution in [0.2, 0.25) is 0 Å². The number of hydrogen-bond donors (Lipinski definition) is 1. The summed E-state index contributed by atoms with van der Waals surface area (Å²) >= 11 is 0. The summed E-state index contributed by atoms with van der Waals surface area (Å²) in [5.41, 5.74) is 1.10. The smallest absolute Gasteiger partial charge is 0.230 e. The highest BCUT2D eigenvalue weighted by molar-refractivity contribution is 5.85. The van der Waals surface area contributed by atoms with E-state index in [1.165, 1.54) is 0 Å². The Morgan fingerprint density at radius 1 is 1.32 bits per heavy atom. The van der Waals surface area contributed by atoms with Gasteiger partial charge in [-0.3, -0.25) is 4.79 Å². The van der Waals surface area contributed by atoms with Crippen LogP contribution in [-0.2, 0) is 4.79 Å². The van der Waals surface area contributed by atoms with Gasteiger partial charge in [0.25, 0.3) is 0 Å². The molecule has 3 nitrogen and oxygen atoms in total. The molecular formula is C15H23ClN2O. The fourth-order valence-electron chi connectivity index (χ4n) is 2.46. The van der Waals surface area contributed by atoms with E-state index in [1.54, 1.807) is 0 Å². The van der Waals surface area contributed by atoms with Crippen molar-refractivity contribution in [2.75, 3.05) is 13.1 Å². The Balaban J connectivity index is 0.00000180. The fourth-order valence-corrected chi connectivity index (χ4v) is 2.46. The van der Waals surface area contributed by atoms with Crippen LogP contribution in [0.1, 0.15) is 32.3 Å². The topological polar surface area (TPSA) is 32.3 Å². The van der Waals surface area contributed by atoms with Gasteiger partial charge in [-0.25, -0.2) is 0 Å². The molecule has 0 spiro atoms. The molecule has 1 fully saturated rings. The van der Waals surface area contributed by atoms with E-state index in [0.717, 1.165) is 18.7 Å². The Kier molecular flexibility index (Phi) is 5.83. The number of carbonyl (C=O) groups is 1. The molecule has 0 saturated carbocycles. The van der Waals surface area contributed by atoms with E-state index in [1.807, 2.05) is 42.2 Å². The normalized spacial score (nSPS) is 24.5. The highest BCUT2D eigenvalue weighted by atomic mass is 35.5. The third kappa shape index (κ3) is 3.71. The van der Waals surface area contributed by atoms with Gasteiger partial charge in [-0.15, -0.1) is 12.4 Å². The second-order valence-electron chi connectivity index (χ2n) is 5.28. The molecule has 1 aliphatic heterocycles.